The average molecular weight is 324 g/mol. The topological polar surface area (TPSA) is 47.6 Å². The highest BCUT2D eigenvalue weighted by molar-refractivity contribution is 6.33. The fourth-order valence-corrected chi connectivity index (χ4v) is 3.66. The van der Waals surface area contributed by atoms with E-state index in [1.807, 2.05) is 12.1 Å². The molecule has 0 bridgehead atoms. The quantitative estimate of drug-likeness (QED) is 0.930. The van der Waals surface area contributed by atoms with Crippen LogP contribution in [0.1, 0.15) is 29.6 Å². The first-order valence-electron chi connectivity index (χ1n) is 7.96. The Hall–Kier alpha value is -1.10. The first kappa shape index (κ1) is 15.8. The van der Waals surface area contributed by atoms with Crippen molar-refractivity contribution in [1.82, 2.24) is 5.32 Å². The van der Waals surface area contributed by atoms with E-state index in [-0.39, 0.29) is 11.9 Å². The average Bonchev–Trinajstić information content (AvgIpc) is 2.56. The Labute approximate surface area is 136 Å². The summed E-state index contributed by atoms with van der Waals surface area (Å²) in [4.78, 5) is 12.5. The number of nitrogens with one attached hydrogen (secondary N) is 1. The second kappa shape index (κ2) is 7.44. The summed E-state index contributed by atoms with van der Waals surface area (Å²) in [5.74, 6) is 0.837. The van der Waals surface area contributed by atoms with Crippen molar-refractivity contribution in [2.24, 2.45) is 11.8 Å². The number of rotatable bonds is 3. The predicted octanol–water partition coefficient (Wildman–Crippen LogP) is 2.90. The van der Waals surface area contributed by atoms with E-state index in [1.54, 1.807) is 12.1 Å². The van der Waals surface area contributed by atoms with Gasteiger partial charge in [0.2, 0.25) is 0 Å². The molecule has 3 rings (SSSR count). The van der Waals surface area contributed by atoms with Crippen molar-refractivity contribution >= 4 is 17.5 Å². The van der Waals surface area contributed by atoms with E-state index in [0.29, 0.717) is 29.0 Å². The molecular weight excluding hydrogens is 302 g/mol. The molecule has 2 saturated heterocycles. The van der Waals surface area contributed by atoms with Gasteiger partial charge >= 0.3 is 0 Å². The molecule has 1 amide bonds. The highest BCUT2D eigenvalue weighted by atomic mass is 35.5. The molecule has 0 aromatic heterocycles. The van der Waals surface area contributed by atoms with Gasteiger partial charge in [-0.1, -0.05) is 23.7 Å². The molecule has 5 heteroatoms. The number of hydrogen-bond donors (Lipinski definition) is 1. The highest BCUT2D eigenvalue weighted by Crippen LogP contribution is 2.30. The summed E-state index contributed by atoms with van der Waals surface area (Å²) >= 11 is 6.12. The number of benzene rings is 1. The van der Waals surface area contributed by atoms with Gasteiger partial charge in [0.1, 0.15) is 0 Å². The Morgan fingerprint density at radius 3 is 2.59 bits per heavy atom. The van der Waals surface area contributed by atoms with E-state index in [2.05, 4.69) is 5.32 Å². The molecule has 2 atom stereocenters. The molecule has 0 aliphatic carbocycles. The Bertz CT molecular complexity index is 516. The van der Waals surface area contributed by atoms with Crippen LogP contribution in [-0.4, -0.2) is 38.4 Å². The lowest BCUT2D eigenvalue weighted by Crippen LogP contribution is -2.49. The number of carbonyl (C=O) groups excluding carboxylic acids is 1. The van der Waals surface area contributed by atoms with Crippen LogP contribution in [0.2, 0.25) is 5.02 Å². The first-order valence-corrected chi connectivity index (χ1v) is 8.34. The van der Waals surface area contributed by atoms with Crippen LogP contribution in [0.4, 0.5) is 0 Å². The minimum Gasteiger partial charge on any atom is -0.381 e. The van der Waals surface area contributed by atoms with Gasteiger partial charge in [-0.05, 0) is 37.3 Å². The third kappa shape index (κ3) is 3.62. The minimum absolute atomic E-state index is 0.0884. The van der Waals surface area contributed by atoms with Crippen LogP contribution in [0.5, 0.6) is 0 Å². The molecule has 0 saturated carbocycles. The summed E-state index contributed by atoms with van der Waals surface area (Å²) in [5.41, 5.74) is 0.543. The molecular formula is C17H22ClNO3. The standard InChI is InChI=1S/C17H22ClNO3/c18-15-4-2-1-3-13(15)17(20)19-16-7-10-22-11-14(16)12-5-8-21-9-6-12/h1-4,12,14,16H,5-11H2,(H,19,20)/t14-,16-/m1/s1. The first-order chi connectivity index (χ1) is 10.8. The van der Waals surface area contributed by atoms with Gasteiger partial charge in [0.25, 0.3) is 5.91 Å². The van der Waals surface area contributed by atoms with E-state index >= 15 is 0 Å². The van der Waals surface area contributed by atoms with Gasteiger partial charge in [-0.2, -0.15) is 0 Å². The molecule has 2 fully saturated rings. The normalized spacial score (nSPS) is 26.6. The summed E-state index contributed by atoms with van der Waals surface area (Å²) < 4.78 is 11.1. The second-order valence-electron chi connectivity index (χ2n) is 6.04. The molecule has 1 aromatic carbocycles. The van der Waals surface area contributed by atoms with Crippen molar-refractivity contribution in [3.05, 3.63) is 34.9 Å². The molecule has 2 heterocycles. The molecule has 1 aromatic rings. The summed E-state index contributed by atoms with van der Waals surface area (Å²) in [6.07, 6.45) is 2.96. The minimum atomic E-state index is -0.0884. The predicted molar refractivity (Wildman–Crippen MR) is 85.2 cm³/mol. The Balaban J connectivity index is 1.68. The Kier molecular flexibility index (Phi) is 5.34. The number of amides is 1. The van der Waals surface area contributed by atoms with Gasteiger partial charge in [-0.25, -0.2) is 0 Å². The molecule has 4 nitrogen and oxygen atoms in total. The smallest absolute Gasteiger partial charge is 0.253 e. The van der Waals surface area contributed by atoms with Crippen LogP contribution in [-0.2, 0) is 9.47 Å². The summed E-state index contributed by atoms with van der Waals surface area (Å²) in [6, 6.07) is 7.33. The van der Waals surface area contributed by atoms with Gasteiger partial charge in [0, 0.05) is 31.8 Å². The monoisotopic (exact) mass is 323 g/mol. The zero-order valence-electron chi connectivity index (χ0n) is 12.6. The van der Waals surface area contributed by atoms with Gasteiger partial charge in [0.15, 0.2) is 0 Å². The van der Waals surface area contributed by atoms with E-state index in [4.69, 9.17) is 21.1 Å². The van der Waals surface area contributed by atoms with Crippen LogP contribution < -0.4 is 5.32 Å². The van der Waals surface area contributed by atoms with Gasteiger partial charge < -0.3 is 14.8 Å². The fraction of sp³-hybridized carbons (Fsp3) is 0.588. The van der Waals surface area contributed by atoms with Gasteiger partial charge in [-0.15, -0.1) is 0 Å². The van der Waals surface area contributed by atoms with Crippen molar-refractivity contribution in [2.75, 3.05) is 26.4 Å². The highest BCUT2D eigenvalue weighted by Gasteiger charge is 2.34. The zero-order chi connectivity index (χ0) is 15.4. The summed E-state index contributed by atoms with van der Waals surface area (Å²) in [6.45, 7) is 3.05. The molecule has 1 N–H and O–H groups in total. The zero-order valence-corrected chi connectivity index (χ0v) is 13.3. The SMILES string of the molecule is O=C(N[C@@H]1CCOC[C@@H]1C1CCOCC1)c1ccccc1Cl. The lowest BCUT2D eigenvalue weighted by Gasteiger charge is -2.39. The second-order valence-corrected chi connectivity index (χ2v) is 6.44. The lowest BCUT2D eigenvalue weighted by atomic mass is 9.79. The molecule has 0 spiro atoms. The third-order valence-corrected chi connectivity index (χ3v) is 5.04. The van der Waals surface area contributed by atoms with E-state index < -0.39 is 0 Å². The van der Waals surface area contributed by atoms with Crippen LogP contribution in [0, 0.1) is 11.8 Å². The largest absolute Gasteiger partial charge is 0.381 e. The summed E-state index contributed by atoms with van der Waals surface area (Å²) in [7, 11) is 0. The van der Waals surface area contributed by atoms with Crippen LogP contribution in [0.25, 0.3) is 0 Å². The van der Waals surface area contributed by atoms with Crippen molar-refractivity contribution in [3.8, 4) is 0 Å². The number of halogens is 1. The van der Waals surface area contributed by atoms with Crippen molar-refractivity contribution < 1.29 is 14.3 Å². The Morgan fingerprint density at radius 1 is 1.09 bits per heavy atom. The number of carbonyl (C=O) groups is 1. The molecule has 0 radical (unpaired) electrons. The maximum absolute atomic E-state index is 12.5. The van der Waals surface area contributed by atoms with Gasteiger partial charge in [-0.3, -0.25) is 4.79 Å². The Morgan fingerprint density at radius 2 is 1.82 bits per heavy atom. The lowest BCUT2D eigenvalue weighted by molar-refractivity contribution is -0.0259. The molecule has 2 aliphatic heterocycles. The van der Waals surface area contributed by atoms with E-state index in [1.165, 1.54) is 0 Å². The molecule has 2 aliphatic rings. The third-order valence-electron chi connectivity index (χ3n) is 4.71. The number of hydrogen-bond acceptors (Lipinski definition) is 3. The fourth-order valence-electron chi connectivity index (χ4n) is 3.44. The van der Waals surface area contributed by atoms with Crippen LogP contribution in [0.3, 0.4) is 0 Å². The number of ether oxygens (including phenoxy) is 2. The van der Waals surface area contributed by atoms with Crippen LogP contribution in [0.15, 0.2) is 24.3 Å². The van der Waals surface area contributed by atoms with E-state index in [9.17, 15) is 4.79 Å². The summed E-state index contributed by atoms with van der Waals surface area (Å²) in [5, 5.41) is 3.67. The maximum atomic E-state index is 12.5. The van der Waals surface area contributed by atoms with Crippen molar-refractivity contribution in [2.45, 2.75) is 25.3 Å². The van der Waals surface area contributed by atoms with Crippen molar-refractivity contribution in [3.63, 3.8) is 0 Å². The van der Waals surface area contributed by atoms with E-state index in [0.717, 1.165) is 39.1 Å². The molecule has 0 unspecified atom stereocenters. The van der Waals surface area contributed by atoms with Gasteiger partial charge in [0.05, 0.1) is 17.2 Å². The van der Waals surface area contributed by atoms with Crippen molar-refractivity contribution in [1.29, 1.82) is 0 Å². The molecule has 120 valence electrons. The maximum Gasteiger partial charge on any atom is 0.253 e. The van der Waals surface area contributed by atoms with Crippen LogP contribution >= 0.6 is 11.6 Å². The molecule has 22 heavy (non-hydrogen) atoms.